The van der Waals surface area contributed by atoms with E-state index >= 15 is 0 Å². The van der Waals surface area contributed by atoms with Crippen molar-refractivity contribution in [1.82, 2.24) is 9.13 Å². The molecular weight excluding hydrogens is 234 g/mol. The van der Waals surface area contributed by atoms with Gasteiger partial charge in [0.1, 0.15) is 0 Å². The summed E-state index contributed by atoms with van der Waals surface area (Å²) in [6.07, 6.45) is 0. The van der Waals surface area contributed by atoms with Crippen LogP contribution in [0.5, 0.6) is 0 Å². The van der Waals surface area contributed by atoms with Gasteiger partial charge >= 0.3 is 5.69 Å². The molecule has 1 heterocycles. The number of methoxy groups -OCH3 is 1. The molecule has 0 aliphatic heterocycles. The summed E-state index contributed by atoms with van der Waals surface area (Å²) in [7, 11) is 3.15. The molecule has 0 aliphatic rings. The Morgan fingerprint density at radius 1 is 1.33 bits per heavy atom. The van der Waals surface area contributed by atoms with E-state index in [0.717, 1.165) is 4.57 Å². The molecule has 18 heavy (non-hydrogen) atoms. The van der Waals surface area contributed by atoms with Crippen LogP contribution >= 0.6 is 0 Å². The molecule has 6 heteroatoms. The quantitative estimate of drug-likeness (QED) is 0.772. The number of nitrogen functional groups attached to an aromatic ring is 1. The van der Waals surface area contributed by atoms with Gasteiger partial charge in [-0.15, -0.1) is 0 Å². The second kappa shape index (κ2) is 4.66. The zero-order valence-electron chi connectivity index (χ0n) is 10.3. The molecule has 0 bridgehead atoms. The van der Waals surface area contributed by atoms with Gasteiger partial charge in [-0.05, 0) is 18.2 Å². The van der Waals surface area contributed by atoms with Crippen molar-refractivity contribution in [1.29, 1.82) is 0 Å². The number of ether oxygens (including phenoxy) is 1. The Labute approximate surface area is 103 Å². The molecular formula is C12H15N3O3. The predicted molar refractivity (Wildman–Crippen MR) is 69.7 cm³/mol. The van der Waals surface area contributed by atoms with Crippen LogP contribution < -0.4 is 17.0 Å². The highest BCUT2D eigenvalue weighted by Gasteiger charge is 2.10. The minimum absolute atomic E-state index is 0.229. The van der Waals surface area contributed by atoms with Gasteiger partial charge in [-0.3, -0.25) is 13.9 Å². The lowest BCUT2D eigenvalue weighted by molar-refractivity contribution is 0.184. The number of aryl methyl sites for hydroxylation is 1. The maximum Gasteiger partial charge on any atom is 0.331 e. The summed E-state index contributed by atoms with van der Waals surface area (Å²) in [5.41, 5.74) is 6.06. The first-order valence-corrected chi connectivity index (χ1v) is 5.54. The largest absolute Gasteiger partial charge is 0.399 e. The third kappa shape index (κ3) is 1.91. The fourth-order valence-corrected chi connectivity index (χ4v) is 1.91. The standard InChI is InChI=1S/C12H15N3O3/c1-14-10-4-3-8(13)7-9(10)11(16)15(12(14)17)5-6-18-2/h3-4,7H,5-6,13H2,1-2H3. The summed E-state index contributed by atoms with van der Waals surface area (Å²) in [4.78, 5) is 24.2. The Kier molecular flexibility index (Phi) is 3.20. The molecule has 0 radical (unpaired) electrons. The van der Waals surface area contributed by atoms with Gasteiger partial charge in [0.2, 0.25) is 0 Å². The molecule has 96 valence electrons. The molecule has 0 aliphatic carbocycles. The number of nitrogens with zero attached hydrogens (tertiary/aromatic N) is 2. The zero-order valence-corrected chi connectivity index (χ0v) is 10.3. The van der Waals surface area contributed by atoms with Crippen molar-refractivity contribution in [3.8, 4) is 0 Å². The smallest absolute Gasteiger partial charge is 0.331 e. The van der Waals surface area contributed by atoms with Crippen LogP contribution in [0.15, 0.2) is 27.8 Å². The molecule has 2 N–H and O–H groups in total. The summed E-state index contributed by atoms with van der Waals surface area (Å²) in [5, 5.41) is 0.438. The second-order valence-corrected chi connectivity index (χ2v) is 4.07. The van der Waals surface area contributed by atoms with Crippen LogP contribution in [0.4, 0.5) is 5.69 Å². The highest BCUT2D eigenvalue weighted by Crippen LogP contribution is 2.11. The van der Waals surface area contributed by atoms with Gasteiger partial charge in [0.15, 0.2) is 0 Å². The van der Waals surface area contributed by atoms with Crippen LogP contribution in [0.2, 0.25) is 0 Å². The van der Waals surface area contributed by atoms with Crippen LogP contribution in [-0.4, -0.2) is 22.9 Å². The number of fused-ring (bicyclic) bond motifs is 1. The molecule has 0 unspecified atom stereocenters. The van der Waals surface area contributed by atoms with Crippen LogP contribution in [0.25, 0.3) is 10.9 Å². The Bertz CT molecular complexity index is 700. The third-order valence-electron chi connectivity index (χ3n) is 2.89. The highest BCUT2D eigenvalue weighted by molar-refractivity contribution is 5.81. The van der Waals surface area contributed by atoms with Crippen LogP contribution in [0.3, 0.4) is 0 Å². The van der Waals surface area contributed by atoms with Crippen LogP contribution in [0.1, 0.15) is 0 Å². The van der Waals surface area contributed by atoms with E-state index in [2.05, 4.69) is 0 Å². The summed E-state index contributed by atoms with van der Waals surface area (Å²) in [5.74, 6) is 0. The average Bonchev–Trinajstić information content (AvgIpc) is 2.36. The lowest BCUT2D eigenvalue weighted by Gasteiger charge is -2.10. The summed E-state index contributed by atoms with van der Waals surface area (Å²) in [6.45, 7) is 0.537. The molecule has 1 aromatic heterocycles. The number of hydrogen-bond acceptors (Lipinski definition) is 4. The predicted octanol–water partition coefficient (Wildman–Crippen LogP) is -0.0712. The number of nitrogens with two attached hydrogens (primary N) is 1. The van der Waals surface area contributed by atoms with Crippen LogP contribution in [0, 0.1) is 0 Å². The Balaban J connectivity index is 2.80. The fraction of sp³-hybridized carbons (Fsp3) is 0.333. The highest BCUT2D eigenvalue weighted by atomic mass is 16.5. The third-order valence-corrected chi connectivity index (χ3v) is 2.89. The van der Waals surface area contributed by atoms with Gasteiger partial charge in [0, 0.05) is 19.8 Å². The minimum atomic E-state index is -0.352. The lowest BCUT2D eigenvalue weighted by Crippen LogP contribution is -2.40. The molecule has 2 rings (SSSR count). The zero-order chi connectivity index (χ0) is 13.3. The average molecular weight is 249 g/mol. The van der Waals surface area contributed by atoms with Gasteiger partial charge in [0.05, 0.1) is 24.1 Å². The second-order valence-electron chi connectivity index (χ2n) is 4.07. The van der Waals surface area contributed by atoms with Crippen molar-refractivity contribution >= 4 is 16.6 Å². The van der Waals surface area contributed by atoms with Crippen molar-refractivity contribution in [2.45, 2.75) is 6.54 Å². The number of hydrogen-bond donors (Lipinski definition) is 1. The van der Waals surface area contributed by atoms with E-state index in [1.54, 1.807) is 25.2 Å². The van der Waals surface area contributed by atoms with E-state index in [0.29, 0.717) is 23.2 Å². The van der Waals surface area contributed by atoms with Crippen molar-refractivity contribution in [2.24, 2.45) is 7.05 Å². The molecule has 0 amide bonds. The molecule has 0 saturated carbocycles. The normalized spacial score (nSPS) is 11.0. The van der Waals surface area contributed by atoms with Crippen LogP contribution in [-0.2, 0) is 18.3 Å². The van der Waals surface area contributed by atoms with Crippen molar-refractivity contribution in [3.63, 3.8) is 0 Å². The molecule has 0 spiro atoms. The van der Waals surface area contributed by atoms with Gasteiger partial charge < -0.3 is 10.5 Å². The Morgan fingerprint density at radius 2 is 2.06 bits per heavy atom. The first-order valence-electron chi connectivity index (χ1n) is 5.54. The first-order chi connectivity index (χ1) is 8.56. The lowest BCUT2D eigenvalue weighted by atomic mass is 10.2. The number of rotatable bonds is 3. The maximum atomic E-state index is 12.2. The van der Waals surface area contributed by atoms with E-state index < -0.39 is 0 Å². The Morgan fingerprint density at radius 3 is 2.72 bits per heavy atom. The maximum absolute atomic E-state index is 12.2. The SMILES string of the molecule is COCCn1c(=O)c2cc(N)ccc2n(C)c1=O. The summed E-state index contributed by atoms with van der Waals surface area (Å²) in [6, 6.07) is 4.93. The first kappa shape index (κ1) is 12.4. The number of anilines is 1. The molecule has 2 aromatic rings. The van der Waals surface area contributed by atoms with E-state index in [1.807, 2.05) is 0 Å². The van der Waals surface area contributed by atoms with Crippen molar-refractivity contribution in [3.05, 3.63) is 39.0 Å². The van der Waals surface area contributed by atoms with E-state index in [9.17, 15) is 9.59 Å². The van der Waals surface area contributed by atoms with Gasteiger partial charge in [0.25, 0.3) is 5.56 Å². The van der Waals surface area contributed by atoms with E-state index in [1.165, 1.54) is 11.7 Å². The summed E-state index contributed by atoms with van der Waals surface area (Å²) >= 11 is 0. The van der Waals surface area contributed by atoms with Crippen molar-refractivity contribution < 1.29 is 4.74 Å². The number of benzene rings is 1. The van der Waals surface area contributed by atoms with Gasteiger partial charge in [-0.2, -0.15) is 0 Å². The number of aromatic nitrogens is 2. The molecule has 0 saturated heterocycles. The molecule has 1 aromatic carbocycles. The summed E-state index contributed by atoms with van der Waals surface area (Å²) < 4.78 is 7.49. The molecule has 0 atom stereocenters. The van der Waals surface area contributed by atoms with E-state index in [4.69, 9.17) is 10.5 Å². The van der Waals surface area contributed by atoms with Gasteiger partial charge in [-0.1, -0.05) is 0 Å². The molecule has 6 nitrogen and oxygen atoms in total. The minimum Gasteiger partial charge on any atom is -0.399 e. The Hall–Kier alpha value is -2.08. The fourth-order valence-electron chi connectivity index (χ4n) is 1.91. The molecule has 0 fully saturated rings. The monoisotopic (exact) mass is 249 g/mol. The van der Waals surface area contributed by atoms with E-state index in [-0.39, 0.29) is 17.8 Å². The topological polar surface area (TPSA) is 79.2 Å². The van der Waals surface area contributed by atoms with Crippen molar-refractivity contribution in [2.75, 3.05) is 19.5 Å². The van der Waals surface area contributed by atoms with Gasteiger partial charge in [-0.25, -0.2) is 4.79 Å².